The predicted octanol–water partition coefficient (Wildman–Crippen LogP) is 4.43. The zero-order valence-electron chi connectivity index (χ0n) is 21.6. The zero-order valence-corrected chi connectivity index (χ0v) is 23.2. The number of rotatable bonds is 5. The number of para-hydroxylation sites is 1. The molecule has 0 aliphatic carbocycles. The predicted molar refractivity (Wildman–Crippen MR) is 157 cm³/mol. The number of hydrogen-bond donors (Lipinski definition) is 0. The lowest BCUT2D eigenvalue weighted by molar-refractivity contribution is -0.122. The minimum Gasteiger partial charge on any atom is -0.366 e. The highest BCUT2D eigenvalue weighted by Gasteiger charge is 2.33. The van der Waals surface area contributed by atoms with Crippen LogP contribution in [0.25, 0.3) is 6.08 Å². The molecule has 2 aliphatic rings. The van der Waals surface area contributed by atoms with E-state index in [-0.39, 0.29) is 17.3 Å². The Morgan fingerprint density at radius 3 is 2.33 bits per heavy atom. The van der Waals surface area contributed by atoms with Crippen LogP contribution < -0.4 is 15.4 Å². The Morgan fingerprint density at radius 2 is 1.67 bits per heavy atom. The van der Waals surface area contributed by atoms with E-state index >= 15 is 0 Å². The molecule has 0 spiro atoms. The van der Waals surface area contributed by atoms with Crippen molar-refractivity contribution in [3.05, 3.63) is 97.9 Å². The van der Waals surface area contributed by atoms with Crippen LogP contribution >= 0.6 is 24.0 Å². The van der Waals surface area contributed by atoms with E-state index in [1.54, 1.807) is 37.1 Å². The Kier molecular flexibility index (Phi) is 7.55. The summed E-state index contributed by atoms with van der Waals surface area (Å²) in [5.41, 5.74) is 2.30. The molecule has 10 heteroatoms. The number of carbonyl (C=O) groups excluding carboxylic acids is 1. The average molecular weight is 560 g/mol. The monoisotopic (exact) mass is 559 g/mol. The molecule has 7 nitrogen and oxygen atoms in total. The minimum absolute atomic E-state index is 0.0391. The van der Waals surface area contributed by atoms with Gasteiger partial charge in [0.05, 0.1) is 17.1 Å². The van der Waals surface area contributed by atoms with Crippen LogP contribution in [0.5, 0.6) is 0 Å². The third kappa shape index (κ3) is 5.07. The van der Waals surface area contributed by atoms with E-state index in [1.165, 1.54) is 22.4 Å². The summed E-state index contributed by atoms with van der Waals surface area (Å²) in [7, 11) is 1.64. The molecule has 5 rings (SSSR count). The molecule has 0 atom stereocenters. The molecule has 3 aromatic rings. The van der Waals surface area contributed by atoms with E-state index < -0.39 is 5.56 Å². The summed E-state index contributed by atoms with van der Waals surface area (Å²) >= 11 is 6.75. The number of pyridine rings is 1. The van der Waals surface area contributed by atoms with Gasteiger partial charge in [-0.15, -0.1) is 0 Å². The van der Waals surface area contributed by atoms with E-state index in [4.69, 9.17) is 12.2 Å². The Balaban J connectivity index is 1.50. The zero-order chi connectivity index (χ0) is 27.7. The van der Waals surface area contributed by atoms with Crippen molar-refractivity contribution in [2.75, 3.05) is 36.0 Å². The quantitative estimate of drug-likeness (QED) is 0.338. The molecular weight excluding hydrogens is 533 g/mol. The largest absolute Gasteiger partial charge is 0.366 e. The molecule has 2 aromatic carbocycles. The van der Waals surface area contributed by atoms with Gasteiger partial charge in [0, 0.05) is 38.8 Å². The van der Waals surface area contributed by atoms with Crippen LogP contribution in [-0.4, -0.2) is 45.9 Å². The Hall–Kier alpha value is -3.94. The van der Waals surface area contributed by atoms with Gasteiger partial charge in [-0.25, -0.2) is 4.39 Å². The number of thioether (sulfide) groups is 1. The molecule has 1 amide bonds. The molecule has 198 valence electrons. The van der Waals surface area contributed by atoms with E-state index in [9.17, 15) is 19.2 Å². The van der Waals surface area contributed by atoms with Gasteiger partial charge < -0.3 is 9.80 Å². The van der Waals surface area contributed by atoms with Crippen LogP contribution in [0, 0.1) is 24.1 Å². The van der Waals surface area contributed by atoms with Crippen molar-refractivity contribution in [2.24, 2.45) is 7.05 Å². The number of thiocarbonyl (C=S) groups is 1. The molecule has 2 saturated heterocycles. The number of carbonyl (C=O) groups is 1. The van der Waals surface area contributed by atoms with Crippen LogP contribution in [0.4, 0.5) is 15.9 Å². The molecule has 0 bridgehead atoms. The van der Waals surface area contributed by atoms with Crippen LogP contribution in [0.2, 0.25) is 0 Å². The molecule has 2 aliphatic heterocycles. The number of hydrogen-bond acceptors (Lipinski definition) is 7. The molecule has 3 heterocycles. The fourth-order valence-corrected chi connectivity index (χ4v) is 6.23. The van der Waals surface area contributed by atoms with Gasteiger partial charge in [0.25, 0.3) is 11.5 Å². The molecular formula is C29H26FN5O2S2. The van der Waals surface area contributed by atoms with Gasteiger partial charge in [-0.3, -0.25) is 19.1 Å². The molecule has 0 N–H and O–H groups in total. The third-order valence-electron chi connectivity index (χ3n) is 7.07. The van der Waals surface area contributed by atoms with E-state index in [2.05, 4.69) is 4.90 Å². The van der Waals surface area contributed by atoms with Crippen LogP contribution in [0.3, 0.4) is 0 Å². The van der Waals surface area contributed by atoms with Gasteiger partial charge in [-0.2, -0.15) is 5.26 Å². The summed E-state index contributed by atoms with van der Waals surface area (Å²) in [5, 5.41) is 9.76. The van der Waals surface area contributed by atoms with Crippen LogP contribution in [0.1, 0.15) is 22.3 Å². The lowest BCUT2D eigenvalue weighted by Gasteiger charge is -2.38. The maximum Gasteiger partial charge on any atom is 0.270 e. The second-order valence-corrected chi connectivity index (χ2v) is 11.1. The van der Waals surface area contributed by atoms with Crippen LogP contribution in [-0.2, 0) is 18.4 Å². The summed E-state index contributed by atoms with van der Waals surface area (Å²) in [6, 6.07) is 18.3. The first-order valence-corrected chi connectivity index (χ1v) is 13.7. The van der Waals surface area contributed by atoms with Gasteiger partial charge in [-0.05, 0) is 36.3 Å². The van der Waals surface area contributed by atoms with Gasteiger partial charge in [0.15, 0.2) is 0 Å². The van der Waals surface area contributed by atoms with Crippen LogP contribution in [0.15, 0.2) is 64.3 Å². The molecule has 39 heavy (non-hydrogen) atoms. The summed E-state index contributed by atoms with van der Waals surface area (Å²) < 4.78 is 16.3. The topological polar surface area (TPSA) is 72.6 Å². The number of piperazine rings is 1. The van der Waals surface area contributed by atoms with E-state index in [0.29, 0.717) is 64.6 Å². The van der Waals surface area contributed by atoms with Crippen molar-refractivity contribution >= 4 is 51.8 Å². The second-order valence-electron chi connectivity index (χ2n) is 9.39. The van der Waals surface area contributed by atoms with Crippen molar-refractivity contribution < 1.29 is 9.18 Å². The minimum atomic E-state index is -0.393. The smallest absolute Gasteiger partial charge is 0.270 e. The number of nitriles is 1. The highest BCUT2D eigenvalue weighted by molar-refractivity contribution is 8.26. The Labute approximate surface area is 235 Å². The Morgan fingerprint density at radius 1 is 1.03 bits per heavy atom. The van der Waals surface area contributed by atoms with Crippen molar-refractivity contribution in [3.8, 4) is 6.07 Å². The first-order chi connectivity index (χ1) is 18.8. The van der Waals surface area contributed by atoms with Gasteiger partial charge in [0.2, 0.25) is 0 Å². The highest BCUT2D eigenvalue weighted by atomic mass is 32.2. The standard InChI is InChI=1S/C29H26FN5O2S2/c1-19-21(16-25-28(37)35(29(38)39-25)18-20-8-4-3-5-9-20)26(32(2)27(36)22(19)17-31)34-14-12-33(13-15-34)24-11-7-6-10-23(24)30/h3-11,16H,12-15,18H2,1-2H3. The summed E-state index contributed by atoms with van der Waals surface area (Å²) in [6.07, 6.45) is 1.75. The number of amides is 1. The fourth-order valence-electron chi connectivity index (χ4n) is 5.00. The molecule has 0 unspecified atom stereocenters. The molecule has 1 aromatic heterocycles. The van der Waals surface area contributed by atoms with E-state index in [0.717, 1.165) is 5.56 Å². The van der Waals surface area contributed by atoms with Crippen molar-refractivity contribution in [1.82, 2.24) is 9.47 Å². The number of anilines is 2. The van der Waals surface area contributed by atoms with E-state index in [1.807, 2.05) is 47.4 Å². The first kappa shape index (κ1) is 26.7. The molecule has 0 radical (unpaired) electrons. The maximum absolute atomic E-state index is 14.4. The summed E-state index contributed by atoms with van der Waals surface area (Å²) in [4.78, 5) is 32.6. The van der Waals surface area contributed by atoms with Crippen molar-refractivity contribution in [2.45, 2.75) is 13.5 Å². The van der Waals surface area contributed by atoms with Crippen molar-refractivity contribution in [1.29, 1.82) is 5.26 Å². The highest BCUT2D eigenvalue weighted by Crippen LogP contribution is 2.36. The summed E-state index contributed by atoms with van der Waals surface area (Å²) in [6.45, 7) is 4.25. The lowest BCUT2D eigenvalue weighted by atomic mass is 10.0. The maximum atomic E-state index is 14.4. The normalized spacial score (nSPS) is 16.8. The number of nitrogens with zero attached hydrogens (tertiary/aromatic N) is 5. The van der Waals surface area contributed by atoms with Crippen molar-refractivity contribution in [3.63, 3.8) is 0 Å². The molecule has 2 fully saturated rings. The van der Waals surface area contributed by atoms with Gasteiger partial charge in [0.1, 0.15) is 27.6 Å². The number of aromatic nitrogens is 1. The lowest BCUT2D eigenvalue weighted by Crippen LogP contribution is -2.48. The average Bonchev–Trinajstić information content (AvgIpc) is 3.20. The second kappa shape index (κ2) is 11.0. The third-order valence-corrected chi connectivity index (χ3v) is 8.45. The summed E-state index contributed by atoms with van der Waals surface area (Å²) in [5.74, 6) is 0.139. The molecule has 0 saturated carbocycles. The SMILES string of the molecule is Cc1c(C=C2SC(=S)N(Cc3ccccc3)C2=O)c(N2CCN(c3ccccc3F)CC2)n(C)c(=O)c1C#N. The Bertz CT molecular complexity index is 1590. The van der Waals surface area contributed by atoms with Gasteiger partial charge in [-0.1, -0.05) is 66.4 Å². The fraction of sp³-hybridized carbons (Fsp3) is 0.241. The van der Waals surface area contributed by atoms with Gasteiger partial charge >= 0.3 is 0 Å². The first-order valence-electron chi connectivity index (χ1n) is 12.5. The number of benzene rings is 2. The number of halogens is 1.